The van der Waals surface area contributed by atoms with Crippen molar-refractivity contribution in [1.82, 2.24) is 5.32 Å². The number of carboxylic acid groups (broad SMARTS) is 1. The highest BCUT2D eigenvalue weighted by atomic mass is 32.2. The zero-order chi connectivity index (χ0) is 12.3. The number of carbonyl (C=O) groups is 1. The minimum absolute atomic E-state index is 0.411. The van der Waals surface area contributed by atoms with E-state index in [0.717, 1.165) is 5.56 Å². The largest absolute Gasteiger partial charge is 0.480 e. The Bertz CT molecular complexity index is 396. The Morgan fingerprint density at radius 2 is 2.24 bits per heavy atom. The first-order valence-corrected chi connectivity index (χ1v) is 6.81. The fraction of sp³-hybridized carbons (Fsp3) is 0.462. The summed E-state index contributed by atoms with van der Waals surface area (Å²) < 4.78 is 0. The summed E-state index contributed by atoms with van der Waals surface area (Å²) in [5, 5.41) is 13.0. The molecule has 1 heterocycles. The first-order chi connectivity index (χ1) is 8.12. The molecule has 0 aromatic heterocycles. The molecule has 0 aliphatic carbocycles. The summed E-state index contributed by atoms with van der Waals surface area (Å²) in [6.07, 6.45) is 0.694. The number of hydrogen-bond acceptors (Lipinski definition) is 3. The molecule has 1 saturated heterocycles. The van der Waals surface area contributed by atoms with Crippen LogP contribution >= 0.6 is 11.8 Å². The van der Waals surface area contributed by atoms with Gasteiger partial charge in [0.05, 0.1) is 0 Å². The summed E-state index contributed by atoms with van der Waals surface area (Å²) >= 11 is 1.72. The standard InChI is InChI=1S/C13H17NO2S/c1-10-7-13(9-17-10,12(15)16)14-8-11-5-3-2-4-6-11/h2-6,10,14H,7-9H2,1H3,(H,15,16). The van der Waals surface area contributed by atoms with E-state index in [4.69, 9.17) is 0 Å². The van der Waals surface area contributed by atoms with Crippen LogP contribution in [0.25, 0.3) is 0 Å². The van der Waals surface area contributed by atoms with Crippen molar-refractivity contribution in [2.75, 3.05) is 5.75 Å². The second-order valence-electron chi connectivity index (χ2n) is 4.55. The van der Waals surface area contributed by atoms with E-state index in [1.807, 2.05) is 30.3 Å². The molecule has 1 aliphatic heterocycles. The molecule has 2 rings (SSSR count). The summed E-state index contributed by atoms with van der Waals surface area (Å²) in [7, 11) is 0. The van der Waals surface area contributed by atoms with Crippen molar-refractivity contribution in [3.63, 3.8) is 0 Å². The van der Waals surface area contributed by atoms with Gasteiger partial charge in [0.1, 0.15) is 5.54 Å². The van der Waals surface area contributed by atoms with Gasteiger partial charge in [-0.2, -0.15) is 11.8 Å². The summed E-state index contributed by atoms with van der Waals surface area (Å²) in [5.74, 6) is -0.0821. The van der Waals surface area contributed by atoms with Gasteiger partial charge in [-0.1, -0.05) is 37.3 Å². The van der Waals surface area contributed by atoms with Crippen LogP contribution in [-0.4, -0.2) is 27.6 Å². The Morgan fingerprint density at radius 1 is 1.53 bits per heavy atom. The molecule has 2 N–H and O–H groups in total. The molecule has 2 unspecified atom stereocenters. The molecule has 1 aliphatic rings. The Morgan fingerprint density at radius 3 is 2.76 bits per heavy atom. The highest BCUT2D eigenvalue weighted by Gasteiger charge is 2.44. The highest BCUT2D eigenvalue weighted by molar-refractivity contribution is 8.00. The smallest absolute Gasteiger partial charge is 0.324 e. The van der Waals surface area contributed by atoms with Crippen LogP contribution in [0.4, 0.5) is 0 Å². The number of benzene rings is 1. The Labute approximate surface area is 106 Å². The molecule has 4 heteroatoms. The molecular weight excluding hydrogens is 234 g/mol. The molecule has 0 radical (unpaired) electrons. The van der Waals surface area contributed by atoms with Crippen molar-refractivity contribution in [1.29, 1.82) is 0 Å². The third-order valence-corrected chi connectivity index (χ3v) is 4.53. The zero-order valence-corrected chi connectivity index (χ0v) is 10.7. The zero-order valence-electron chi connectivity index (χ0n) is 9.85. The van der Waals surface area contributed by atoms with Gasteiger partial charge in [-0.05, 0) is 12.0 Å². The van der Waals surface area contributed by atoms with Gasteiger partial charge in [-0.25, -0.2) is 0 Å². The number of thioether (sulfide) groups is 1. The van der Waals surface area contributed by atoms with E-state index in [9.17, 15) is 9.90 Å². The van der Waals surface area contributed by atoms with Crippen LogP contribution in [0.5, 0.6) is 0 Å². The van der Waals surface area contributed by atoms with Gasteiger partial charge in [0.2, 0.25) is 0 Å². The fourth-order valence-electron chi connectivity index (χ4n) is 2.11. The van der Waals surface area contributed by atoms with E-state index in [2.05, 4.69) is 12.2 Å². The maximum Gasteiger partial charge on any atom is 0.324 e. The van der Waals surface area contributed by atoms with Crippen LogP contribution in [0, 0.1) is 0 Å². The molecule has 92 valence electrons. The van der Waals surface area contributed by atoms with Crippen molar-refractivity contribution >= 4 is 17.7 Å². The molecule has 0 amide bonds. The topological polar surface area (TPSA) is 49.3 Å². The lowest BCUT2D eigenvalue weighted by Gasteiger charge is -2.25. The van der Waals surface area contributed by atoms with Crippen molar-refractivity contribution in [3.8, 4) is 0 Å². The van der Waals surface area contributed by atoms with Crippen LogP contribution in [0.2, 0.25) is 0 Å². The molecule has 1 fully saturated rings. The molecule has 1 aromatic carbocycles. The second kappa shape index (κ2) is 5.10. The lowest BCUT2D eigenvalue weighted by atomic mass is 9.96. The van der Waals surface area contributed by atoms with E-state index in [-0.39, 0.29) is 0 Å². The molecular formula is C13H17NO2S. The van der Waals surface area contributed by atoms with Gasteiger partial charge in [0.15, 0.2) is 0 Å². The average Bonchev–Trinajstić information content (AvgIpc) is 2.71. The van der Waals surface area contributed by atoms with E-state index >= 15 is 0 Å². The van der Waals surface area contributed by atoms with Gasteiger partial charge in [-0.3, -0.25) is 10.1 Å². The third kappa shape index (κ3) is 2.82. The highest BCUT2D eigenvalue weighted by Crippen LogP contribution is 2.34. The first kappa shape index (κ1) is 12.5. The number of rotatable bonds is 4. The van der Waals surface area contributed by atoms with Crippen molar-refractivity contribution in [2.45, 2.75) is 30.7 Å². The van der Waals surface area contributed by atoms with E-state index in [0.29, 0.717) is 24.0 Å². The molecule has 2 atom stereocenters. The third-order valence-electron chi connectivity index (χ3n) is 3.13. The molecule has 0 bridgehead atoms. The maximum atomic E-state index is 11.4. The number of nitrogens with one attached hydrogen (secondary N) is 1. The van der Waals surface area contributed by atoms with E-state index < -0.39 is 11.5 Å². The average molecular weight is 251 g/mol. The second-order valence-corrected chi connectivity index (χ2v) is 5.98. The Hall–Kier alpha value is -1.00. The summed E-state index contributed by atoms with van der Waals surface area (Å²) in [6, 6.07) is 9.92. The lowest BCUT2D eigenvalue weighted by molar-refractivity contribution is -0.144. The van der Waals surface area contributed by atoms with Crippen molar-refractivity contribution in [2.24, 2.45) is 0 Å². The lowest BCUT2D eigenvalue weighted by Crippen LogP contribution is -2.52. The summed E-state index contributed by atoms with van der Waals surface area (Å²) in [5.41, 5.74) is 0.373. The molecule has 0 saturated carbocycles. The first-order valence-electron chi connectivity index (χ1n) is 5.76. The van der Waals surface area contributed by atoms with Crippen LogP contribution in [-0.2, 0) is 11.3 Å². The molecule has 17 heavy (non-hydrogen) atoms. The fourth-order valence-corrected chi connectivity index (χ4v) is 3.42. The van der Waals surface area contributed by atoms with Crippen LogP contribution in [0.1, 0.15) is 18.9 Å². The monoisotopic (exact) mass is 251 g/mol. The van der Waals surface area contributed by atoms with Crippen LogP contribution in [0.15, 0.2) is 30.3 Å². The predicted molar refractivity (Wildman–Crippen MR) is 70.2 cm³/mol. The van der Waals surface area contributed by atoms with E-state index in [1.165, 1.54) is 0 Å². The van der Waals surface area contributed by atoms with Crippen molar-refractivity contribution < 1.29 is 9.90 Å². The summed E-state index contributed by atoms with van der Waals surface area (Å²) in [6.45, 7) is 2.69. The molecule has 1 aromatic rings. The van der Waals surface area contributed by atoms with Gasteiger partial charge < -0.3 is 5.11 Å². The maximum absolute atomic E-state index is 11.4. The quantitative estimate of drug-likeness (QED) is 0.860. The molecule has 3 nitrogen and oxygen atoms in total. The number of carboxylic acids is 1. The minimum Gasteiger partial charge on any atom is -0.480 e. The van der Waals surface area contributed by atoms with Gasteiger partial charge >= 0.3 is 5.97 Å². The van der Waals surface area contributed by atoms with Gasteiger partial charge in [0.25, 0.3) is 0 Å². The van der Waals surface area contributed by atoms with Crippen molar-refractivity contribution in [3.05, 3.63) is 35.9 Å². The molecule has 0 spiro atoms. The number of hydrogen-bond donors (Lipinski definition) is 2. The van der Waals surface area contributed by atoms with Crippen LogP contribution < -0.4 is 5.32 Å². The summed E-state index contributed by atoms with van der Waals surface area (Å²) in [4.78, 5) is 11.4. The Balaban J connectivity index is 2.03. The van der Waals surface area contributed by atoms with Crippen LogP contribution in [0.3, 0.4) is 0 Å². The van der Waals surface area contributed by atoms with Gasteiger partial charge in [0, 0.05) is 17.5 Å². The minimum atomic E-state index is -0.750. The predicted octanol–water partition coefficient (Wildman–Crippen LogP) is 2.12. The SMILES string of the molecule is CC1CC(NCc2ccccc2)(C(=O)O)CS1. The number of aliphatic carboxylic acids is 1. The van der Waals surface area contributed by atoms with E-state index in [1.54, 1.807) is 11.8 Å². The van der Waals surface area contributed by atoms with Gasteiger partial charge in [-0.15, -0.1) is 0 Å². The Kier molecular flexibility index (Phi) is 3.74. The normalized spacial score (nSPS) is 28.2.